The number of aliphatic hydroxyl groups is 1. The summed E-state index contributed by atoms with van der Waals surface area (Å²) in [4.78, 5) is 14.2. The fourth-order valence-corrected chi connectivity index (χ4v) is 6.35. The van der Waals surface area contributed by atoms with Crippen LogP contribution in [0.4, 0.5) is 24.9 Å². The molecule has 5 rings (SSSR count). The fraction of sp³-hybridized carbons (Fsp3) is 0.393. The molecule has 0 aliphatic heterocycles. The molecule has 0 saturated heterocycles. The fourth-order valence-electron chi connectivity index (χ4n) is 5.28. The van der Waals surface area contributed by atoms with Crippen molar-refractivity contribution >= 4 is 33.3 Å². The van der Waals surface area contributed by atoms with Gasteiger partial charge in [-0.3, -0.25) is 0 Å². The highest BCUT2D eigenvalue weighted by Gasteiger charge is 2.43. The van der Waals surface area contributed by atoms with Gasteiger partial charge in [-0.1, -0.05) is 37.3 Å². The summed E-state index contributed by atoms with van der Waals surface area (Å²) in [6.07, 6.45) is -2.71. The molecule has 10 heteroatoms. The Kier molecular flexibility index (Phi) is 7.04. The van der Waals surface area contributed by atoms with Crippen molar-refractivity contribution in [2.24, 2.45) is 11.8 Å². The average Bonchev–Trinajstić information content (AvgIpc) is 3.42. The van der Waals surface area contributed by atoms with Crippen LogP contribution < -0.4 is 10.6 Å². The molecular formula is C28H30F3N5OS. The highest BCUT2D eigenvalue weighted by molar-refractivity contribution is 7.21. The smallest absolute Gasteiger partial charge is 0.396 e. The van der Waals surface area contributed by atoms with Gasteiger partial charge in [-0.15, -0.1) is 11.3 Å². The summed E-state index contributed by atoms with van der Waals surface area (Å²) < 4.78 is 41.6. The number of benzene rings is 2. The Balaban J connectivity index is 1.53. The highest BCUT2D eigenvalue weighted by Crippen LogP contribution is 2.44. The van der Waals surface area contributed by atoms with Crippen LogP contribution in [-0.4, -0.2) is 32.2 Å². The molecule has 0 amide bonds. The van der Waals surface area contributed by atoms with E-state index in [1.807, 2.05) is 31.2 Å². The molecule has 1 aliphatic rings. The van der Waals surface area contributed by atoms with Crippen LogP contribution in [0.15, 0.2) is 48.5 Å². The number of fused-ring (bicyclic) bond motifs is 1. The first-order valence-electron chi connectivity index (χ1n) is 12.6. The first-order chi connectivity index (χ1) is 18.1. The summed E-state index contributed by atoms with van der Waals surface area (Å²) in [7, 11) is 0. The van der Waals surface area contributed by atoms with Crippen LogP contribution in [0.2, 0.25) is 0 Å². The topological polar surface area (TPSA) is 83.0 Å². The second-order valence-corrected chi connectivity index (χ2v) is 11.2. The minimum Gasteiger partial charge on any atom is -0.396 e. The van der Waals surface area contributed by atoms with Gasteiger partial charge in [0.1, 0.15) is 10.8 Å². The molecule has 2 aromatic heterocycles. The van der Waals surface area contributed by atoms with Crippen molar-refractivity contribution in [1.82, 2.24) is 15.0 Å². The molecule has 200 valence electrons. The lowest BCUT2D eigenvalue weighted by Crippen LogP contribution is -2.40. The van der Waals surface area contributed by atoms with Crippen LogP contribution in [0.1, 0.15) is 43.5 Å². The van der Waals surface area contributed by atoms with Crippen molar-refractivity contribution in [2.45, 2.75) is 51.9 Å². The number of aliphatic hydroxyl groups excluding tert-OH is 1. The van der Waals surface area contributed by atoms with Crippen molar-refractivity contribution in [3.8, 4) is 10.6 Å². The third kappa shape index (κ3) is 5.07. The number of aryl methyl sites for hydroxylation is 1. The average molecular weight is 542 g/mol. The number of nitrogens with zero attached hydrogens (tertiary/aromatic N) is 3. The van der Waals surface area contributed by atoms with Crippen molar-refractivity contribution in [3.63, 3.8) is 0 Å². The van der Waals surface area contributed by atoms with E-state index in [-0.39, 0.29) is 42.0 Å². The Hall–Kier alpha value is -3.24. The summed E-state index contributed by atoms with van der Waals surface area (Å²) in [5.74, 6) is 1.18. The number of anilines is 2. The number of alkyl halides is 3. The number of hydrogen-bond donors (Lipinski definition) is 3. The minimum atomic E-state index is -4.45. The number of hydrogen-bond acceptors (Lipinski definition) is 7. The first kappa shape index (κ1) is 26.4. The second kappa shape index (κ2) is 10.1. The van der Waals surface area contributed by atoms with Gasteiger partial charge in [-0.2, -0.15) is 18.2 Å². The molecule has 38 heavy (non-hydrogen) atoms. The number of nitrogens with one attached hydrogen (secondary N) is 2. The number of halogens is 3. The van der Waals surface area contributed by atoms with Crippen LogP contribution in [-0.2, 0) is 12.7 Å². The third-order valence-corrected chi connectivity index (χ3v) is 8.80. The van der Waals surface area contributed by atoms with Gasteiger partial charge >= 0.3 is 6.18 Å². The van der Waals surface area contributed by atoms with Crippen molar-refractivity contribution < 1.29 is 18.3 Å². The predicted octanol–water partition coefficient (Wildman–Crippen LogP) is 6.90. The largest absolute Gasteiger partial charge is 0.416 e. The van der Waals surface area contributed by atoms with Gasteiger partial charge in [0.05, 0.1) is 27.0 Å². The SMILES string of the molecule is Cc1nc(NCc2ccccc2C(F)(F)F)nc(N[C@@]2(C)CC[C@H](CO)[C@H]2C)c1-c1nc2ccccc2s1. The molecule has 0 bridgehead atoms. The van der Waals surface area contributed by atoms with E-state index in [0.29, 0.717) is 11.5 Å². The zero-order valence-corrected chi connectivity index (χ0v) is 22.2. The summed E-state index contributed by atoms with van der Waals surface area (Å²) in [5, 5.41) is 17.3. The lowest BCUT2D eigenvalue weighted by Gasteiger charge is -2.34. The van der Waals surface area contributed by atoms with E-state index < -0.39 is 11.7 Å². The van der Waals surface area contributed by atoms with Crippen LogP contribution in [0.3, 0.4) is 0 Å². The minimum absolute atomic E-state index is 0.0741. The molecule has 0 radical (unpaired) electrons. The van der Waals surface area contributed by atoms with E-state index >= 15 is 0 Å². The summed E-state index contributed by atoms with van der Waals surface area (Å²) >= 11 is 1.55. The number of para-hydroxylation sites is 1. The molecule has 2 heterocycles. The number of thiazole rings is 1. The quantitative estimate of drug-likeness (QED) is 0.236. The molecule has 6 nitrogen and oxygen atoms in total. The van der Waals surface area contributed by atoms with Crippen LogP contribution in [0.5, 0.6) is 0 Å². The number of aromatic nitrogens is 3. The maximum absolute atomic E-state index is 13.5. The first-order valence-corrected chi connectivity index (χ1v) is 13.4. The van der Waals surface area contributed by atoms with Crippen molar-refractivity contribution in [3.05, 3.63) is 65.4 Å². The molecule has 0 unspecified atom stereocenters. The lowest BCUT2D eigenvalue weighted by atomic mass is 9.86. The Morgan fingerprint density at radius 2 is 1.82 bits per heavy atom. The van der Waals surface area contributed by atoms with Gasteiger partial charge < -0.3 is 15.7 Å². The van der Waals surface area contributed by atoms with Crippen LogP contribution in [0.25, 0.3) is 20.8 Å². The van der Waals surface area contributed by atoms with Gasteiger partial charge in [0.15, 0.2) is 0 Å². The zero-order chi connectivity index (χ0) is 27.1. The van der Waals surface area contributed by atoms with Gasteiger partial charge in [0, 0.05) is 18.7 Å². The molecule has 2 aromatic carbocycles. The monoisotopic (exact) mass is 541 g/mol. The highest BCUT2D eigenvalue weighted by atomic mass is 32.1. The summed E-state index contributed by atoms with van der Waals surface area (Å²) in [6.45, 7) is 6.16. The molecule has 3 N–H and O–H groups in total. The Morgan fingerprint density at radius 1 is 1.08 bits per heavy atom. The lowest BCUT2D eigenvalue weighted by molar-refractivity contribution is -0.138. The number of rotatable bonds is 7. The van der Waals surface area contributed by atoms with Gasteiger partial charge in [-0.25, -0.2) is 9.97 Å². The third-order valence-electron chi connectivity index (χ3n) is 7.74. The van der Waals surface area contributed by atoms with E-state index in [1.165, 1.54) is 12.1 Å². The van der Waals surface area contributed by atoms with Crippen molar-refractivity contribution in [2.75, 3.05) is 17.2 Å². The standard InChI is InChI=1S/C28H30F3N5OS/c1-16-19(15-37)12-13-27(16,3)36-24-23(25-34-21-10-6-7-11-22(21)38-25)17(2)33-26(35-24)32-14-18-8-4-5-9-20(18)28(29,30)31/h4-11,16,19,37H,12-15H2,1-3H3,(H2,32,33,35,36)/t16-,19-,27+/m1/s1. The van der Waals surface area contributed by atoms with Crippen LogP contribution >= 0.6 is 11.3 Å². The molecule has 4 aromatic rings. The van der Waals surface area contributed by atoms with E-state index in [1.54, 1.807) is 17.4 Å². The predicted molar refractivity (Wildman–Crippen MR) is 145 cm³/mol. The summed E-state index contributed by atoms with van der Waals surface area (Å²) in [6, 6.07) is 13.4. The second-order valence-electron chi connectivity index (χ2n) is 10.2. The molecule has 1 fully saturated rings. The molecular weight excluding hydrogens is 511 g/mol. The Morgan fingerprint density at radius 3 is 2.53 bits per heavy atom. The van der Waals surface area contributed by atoms with E-state index in [9.17, 15) is 18.3 Å². The molecule has 1 aliphatic carbocycles. The van der Waals surface area contributed by atoms with Gasteiger partial charge in [0.25, 0.3) is 0 Å². The van der Waals surface area contributed by atoms with Crippen molar-refractivity contribution in [1.29, 1.82) is 0 Å². The Bertz CT molecular complexity index is 1420. The van der Waals surface area contributed by atoms with Gasteiger partial charge in [-0.05, 0) is 62.3 Å². The van der Waals surface area contributed by atoms with E-state index in [0.717, 1.165) is 39.7 Å². The van der Waals surface area contributed by atoms with Crippen LogP contribution in [0, 0.1) is 18.8 Å². The molecule has 0 spiro atoms. The van der Waals surface area contributed by atoms with Gasteiger partial charge in [0.2, 0.25) is 5.95 Å². The molecule has 1 saturated carbocycles. The van der Waals surface area contributed by atoms with E-state index in [4.69, 9.17) is 9.97 Å². The van der Waals surface area contributed by atoms with E-state index in [2.05, 4.69) is 29.5 Å². The summed E-state index contributed by atoms with van der Waals surface area (Å²) in [5.41, 5.74) is 1.42. The maximum Gasteiger partial charge on any atom is 0.416 e. The normalized spacial score (nSPS) is 21.7. The molecule has 3 atom stereocenters. The maximum atomic E-state index is 13.5. The Labute approximate surface area is 223 Å². The zero-order valence-electron chi connectivity index (χ0n) is 21.4.